The smallest absolute Gasteiger partial charge is 0.103 e. The SMILES string of the molecule is [CH2-]CC(=O)CC(C)C.[Y]. The second-order valence-electron chi connectivity index (χ2n) is 2.39. The zero-order valence-electron chi connectivity index (χ0n) is 6.18. The fourth-order valence-corrected chi connectivity index (χ4v) is 0.557. The summed E-state index contributed by atoms with van der Waals surface area (Å²) in [5.41, 5.74) is 0. The van der Waals surface area contributed by atoms with E-state index in [2.05, 4.69) is 6.92 Å². The molecule has 0 aliphatic heterocycles. The predicted octanol–water partition coefficient (Wildman–Crippen LogP) is 1.82. The molecular weight excluding hydrogens is 189 g/mol. The number of carbonyl (C=O) groups is 1. The summed E-state index contributed by atoms with van der Waals surface area (Å²) in [6.07, 6.45) is 1.13. The molecule has 0 amide bonds. The van der Waals surface area contributed by atoms with Crippen LogP contribution in [0.2, 0.25) is 0 Å². The molecule has 0 heterocycles. The fraction of sp³-hybridized carbons (Fsp3) is 0.714. The minimum atomic E-state index is 0. The van der Waals surface area contributed by atoms with Gasteiger partial charge in [0.2, 0.25) is 0 Å². The molecule has 0 aromatic heterocycles. The van der Waals surface area contributed by atoms with Gasteiger partial charge in [-0.2, -0.15) is 0 Å². The van der Waals surface area contributed by atoms with Crippen molar-refractivity contribution in [1.82, 2.24) is 0 Å². The van der Waals surface area contributed by atoms with Crippen LogP contribution in [0.4, 0.5) is 0 Å². The number of rotatable bonds is 3. The van der Waals surface area contributed by atoms with Gasteiger partial charge in [-0.25, -0.2) is 0 Å². The quantitative estimate of drug-likeness (QED) is 0.638. The summed E-state index contributed by atoms with van der Waals surface area (Å²) >= 11 is 0. The number of Topliss-reactive ketones (excluding diaryl/α,β-unsaturated/α-hetero) is 1. The number of carbonyl (C=O) groups excluding carboxylic acids is 1. The first-order chi connectivity index (χ1) is 3.66. The first-order valence-corrected chi connectivity index (χ1v) is 2.97. The van der Waals surface area contributed by atoms with Gasteiger partial charge < -0.3 is 11.7 Å². The molecule has 0 aromatic rings. The molecule has 9 heavy (non-hydrogen) atoms. The van der Waals surface area contributed by atoms with Crippen molar-refractivity contribution in [3.8, 4) is 0 Å². The van der Waals surface area contributed by atoms with E-state index in [-0.39, 0.29) is 38.5 Å². The van der Waals surface area contributed by atoms with E-state index in [0.717, 1.165) is 0 Å². The Balaban J connectivity index is 0. The number of hydrogen-bond donors (Lipinski definition) is 0. The topological polar surface area (TPSA) is 17.1 Å². The Kier molecular flexibility index (Phi) is 9.53. The molecule has 1 radical (unpaired) electrons. The molecule has 0 bridgehead atoms. The van der Waals surface area contributed by atoms with Crippen LogP contribution in [0.25, 0.3) is 0 Å². The van der Waals surface area contributed by atoms with Crippen LogP contribution >= 0.6 is 0 Å². The maximum absolute atomic E-state index is 10.6. The molecule has 1 nitrogen and oxygen atoms in total. The second kappa shape index (κ2) is 6.89. The predicted molar refractivity (Wildman–Crippen MR) is 34.4 cm³/mol. The standard InChI is InChI=1S/C7H13O.Y/c1-4-7(8)5-6(2)3;/h6H,1,4-5H2,2-3H3;/q-1;. The molecule has 0 aliphatic carbocycles. The van der Waals surface area contributed by atoms with E-state index in [0.29, 0.717) is 18.8 Å². The van der Waals surface area contributed by atoms with Gasteiger partial charge in [0, 0.05) is 39.1 Å². The second-order valence-corrected chi connectivity index (χ2v) is 2.39. The van der Waals surface area contributed by atoms with Gasteiger partial charge in [-0.05, 0) is 5.92 Å². The minimum absolute atomic E-state index is 0. The number of hydrogen-bond acceptors (Lipinski definition) is 1. The fourth-order valence-electron chi connectivity index (χ4n) is 0.557. The summed E-state index contributed by atoms with van der Waals surface area (Å²) in [6.45, 7) is 7.56. The molecule has 0 rings (SSSR count). The first kappa shape index (κ1) is 12.5. The average Bonchev–Trinajstić information content (AvgIpc) is 1.65. The van der Waals surface area contributed by atoms with E-state index in [1.807, 2.05) is 13.8 Å². The van der Waals surface area contributed by atoms with Crippen LogP contribution in [-0.2, 0) is 37.5 Å². The molecular formula is C7H13OY-. The van der Waals surface area contributed by atoms with Gasteiger partial charge in [-0.1, -0.05) is 13.8 Å². The summed E-state index contributed by atoms with van der Waals surface area (Å²) in [5.74, 6) is 0.754. The van der Waals surface area contributed by atoms with Crippen LogP contribution in [0.5, 0.6) is 0 Å². The molecule has 0 saturated carbocycles. The molecule has 0 spiro atoms. The Bertz CT molecular complexity index is 79.0. The first-order valence-electron chi connectivity index (χ1n) is 2.97. The molecule has 0 fully saturated rings. The Hall–Kier alpha value is 0.774. The normalized spacial score (nSPS) is 8.89. The Morgan fingerprint density at radius 1 is 1.56 bits per heavy atom. The third-order valence-electron chi connectivity index (χ3n) is 0.915. The van der Waals surface area contributed by atoms with Crippen molar-refractivity contribution in [2.75, 3.05) is 0 Å². The third-order valence-corrected chi connectivity index (χ3v) is 0.915. The van der Waals surface area contributed by atoms with Crippen molar-refractivity contribution >= 4 is 5.78 Å². The monoisotopic (exact) mass is 202 g/mol. The van der Waals surface area contributed by atoms with E-state index >= 15 is 0 Å². The zero-order valence-corrected chi connectivity index (χ0v) is 9.02. The van der Waals surface area contributed by atoms with Gasteiger partial charge in [-0.15, -0.1) is 6.42 Å². The maximum Gasteiger partial charge on any atom is 0.103 e. The van der Waals surface area contributed by atoms with E-state index in [4.69, 9.17) is 0 Å². The van der Waals surface area contributed by atoms with Gasteiger partial charge in [0.05, 0.1) is 0 Å². The van der Waals surface area contributed by atoms with Crippen molar-refractivity contribution in [3.63, 3.8) is 0 Å². The summed E-state index contributed by atoms with van der Waals surface area (Å²) in [4.78, 5) is 10.6. The van der Waals surface area contributed by atoms with Crippen LogP contribution in [-0.4, -0.2) is 5.78 Å². The van der Waals surface area contributed by atoms with Crippen molar-refractivity contribution in [1.29, 1.82) is 0 Å². The van der Waals surface area contributed by atoms with E-state index in [1.54, 1.807) is 0 Å². The maximum atomic E-state index is 10.6. The van der Waals surface area contributed by atoms with Crippen molar-refractivity contribution in [2.45, 2.75) is 26.7 Å². The summed E-state index contributed by atoms with van der Waals surface area (Å²) in [6, 6.07) is 0. The van der Waals surface area contributed by atoms with E-state index in [1.165, 1.54) is 0 Å². The Labute approximate surface area is 82.5 Å². The average molecular weight is 202 g/mol. The Morgan fingerprint density at radius 2 is 2.00 bits per heavy atom. The number of ketones is 1. The largest absolute Gasteiger partial charge is 0.336 e. The van der Waals surface area contributed by atoms with Gasteiger partial charge in [0.25, 0.3) is 0 Å². The van der Waals surface area contributed by atoms with Crippen LogP contribution in [0.3, 0.4) is 0 Å². The molecule has 0 saturated heterocycles. The van der Waals surface area contributed by atoms with Gasteiger partial charge in [0.1, 0.15) is 5.78 Å². The molecule has 0 aromatic carbocycles. The van der Waals surface area contributed by atoms with Gasteiger partial charge in [-0.3, -0.25) is 0 Å². The summed E-state index contributed by atoms with van der Waals surface area (Å²) in [7, 11) is 0. The van der Waals surface area contributed by atoms with Crippen LogP contribution < -0.4 is 0 Å². The summed E-state index contributed by atoms with van der Waals surface area (Å²) in [5, 5.41) is 0. The zero-order chi connectivity index (χ0) is 6.57. The molecule has 0 atom stereocenters. The minimum Gasteiger partial charge on any atom is -0.336 e. The third kappa shape index (κ3) is 8.77. The Morgan fingerprint density at radius 3 is 2.11 bits per heavy atom. The van der Waals surface area contributed by atoms with Crippen LogP contribution in [0.1, 0.15) is 26.7 Å². The van der Waals surface area contributed by atoms with Gasteiger partial charge in [0.15, 0.2) is 0 Å². The van der Waals surface area contributed by atoms with E-state index < -0.39 is 0 Å². The molecule has 51 valence electrons. The van der Waals surface area contributed by atoms with Crippen LogP contribution in [0, 0.1) is 12.8 Å². The van der Waals surface area contributed by atoms with E-state index in [9.17, 15) is 4.79 Å². The van der Waals surface area contributed by atoms with Crippen molar-refractivity contribution in [3.05, 3.63) is 6.92 Å². The molecule has 0 N–H and O–H groups in total. The molecule has 0 aliphatic rings. The summed E-state index contributed by atoms with van der Waals surface area (Å²) < 4.78 is 0. The van der Waals surface area contributed by atoms with Crippen LogP contribution in [0.15, 0.2) is 0 Å². The molecule has 0 unspecified atom stereocenters. The van der Waals surface area contributed by atoms with Crippen molar-refractivity contribution < 1.29 is 37.5 Å². The van der Waals surface area contributed by atoms with Crippen molar-refractivity contribution in [2.24, 2.45) is 5.92 Å². The molecule has 2 heteroatoms. The van der Waals surface area contributed by atoms with Gasteiger partial charge >= 0.3 is 0 Å².